The Morgan fingerprint density at radius 2 is 1.37 bits per heavy atom. The van der Waals surface area contributed by atoms with Gasteiger partial charge < -0.3 is 19.9 Å². The van der Waals surface area contributed by atoms with Crippen molar-refractivity contribution < 1.29 is 19.4 Å². The van der Waals surface area contributed by atoms with Crippen molar-refractivity contribution in [3.05, 3.63) is 126 Å². The highest BCUT2D eigenvalue weighted by molar-refractivity contribution is 7.99. The van der Waals surface area contributed by atoms with Gasteiger partial charge in [-0.3, -0.25) is 4.79 Å². The molecule has 4 atom stereocenters. The lowest BCUT2D eigenvalue weighted by Gasteiger charge is -2.43. The summed E-state index contributed by atoms with van der Waals surface area (Å²) in [7, 11) is 0. The van der Waals surface area contributed by atoms with Gasteiger partial charge in [-0.15, -0.1) is 11.8 Å². The van der Waals surface area contributed by atoms with Crippen molar-refractivity contribution in [2.45, 2.75) is 133 Å². The molecule has 1 aliphatic rings. The van der Waals surface area contributed by atoms with Crippen molar-refractivity contribution in [1.82, 2.24) is 4.98 Å². The van der Waals surface area contributed by atoms with Crippen molar-refractivity contribution in [3.63, 3.8) is 0 Å². The molecule has 0 bridgehead atoms. The highest BCUT2D eigenvalue weighted by atomic mass is 32.2. The molecule has 1 aromatic heterocycles. The third-order valence-electron chi connectivity index (χ3n) is 9.95. The van der Waals surface area contributed by atoms with Crippen LogP contribution in [0, 0.1) is 0 Å². The lowest BCUT2D eigenvalue weighted by atomic mass is 9.84. The van der Waals surface area contributed by atoms with E-state index in [0.29, 0.717) is 12.2 Å². The van der Waals surface area contributed by atoms with E-state index in [2.05, 4.69) is 41.5 Å². The Bertz CT molecular complexity index is 1570. The quantitative estimate of drug-likeness (QED) is 0.0621. The molecule has 278 valence electrons. The summed E-state index contributed by atoms with van der Waals surface area (Å²) in [5, 5.41) is 13.8. The minimum atomic E-state index is -0.644. The molecule has 0 saturated carbocycles. The number of hydrogen-bond acceptors (Lipinski definition) is 6. The van der Waals surface area contributed by atoms with Crippen LogP contribution >= 0.6 is 11.8 Å². The summed E-state index contributed by atoms with van der Waals surface area (Å²) in [5.41, 5.74) is 4.62. The number of aliphatic hydroxyl groups excluding tert-OH is 1. The largest absolute Gasteiger partial charge is 0.392 e. The van der Waals surface area contributed by atoms with E-state index in [1.54, 1.807) is 11.8 Å². The molecule has 4 unspecified atom stereocenters. The first-order valence-corrected chi connectivity index (χ1v) is 20.6. The lowest BCUT2D eigenvalue weighted by molar-refractivity contribution is -0.255. The normalized spacial score (nSPS) is 18.7. The van der Waals surface area contributed by atoms with E-state index in [9.17, 15) is 9.90 Å². The van der Waals surface area contributed by atoms with Gasteiger partial charge in [0.1, 0.15) is 0 Å². The SMILES string of the molecule is CCCCCCCCCCCCCCCC(=O)Nc1cccc(C2OC(CSc3ccccn3)C(c3ccccc3)C(c3ccc(CO)cc3)O2)c1. The summed E-state index contributed by atoms with van der Waals surface area (Å²) >= 11 is 1.67. The minimum absolute atomic E-state index is 0.0130. The van der Waals surface area contributed by atoms with Gasteiger partial charge in [-0.1, -0.05) is 157 Å². The van der Waals surface area contributed by atoms with Crippen molar-refractivity contribution in [3.8, 4) is 0 Å². The first-order chi connectivity index (χ1) is 25.6. The Morgan fingerprint density at radius 3 is 2.02 bits per heavy atom. The summed E-state index contributed by atoms with van der Waals surface area (Å²) in [6.07, 6.45) is 17.9. The summed E-state index contributed by atoms with van der Waals surface area (Å²) in [4.78, 5) is 17.5. The number of unbranched alkanes of at least 4 members (excludes halogenated alkanes) is 12. The fourth-order valence-electron chi connectivity index (χ4n) is 7.04. The number of nitrogens with one attached hydrogen (secondary N) is 1. The maximum absolute atomic E-state index is 13.0. The molecular weight excluding hydrogens is 665 g/mol. The Morgan fingerprint density at radius 1 is 0.712 bits per heavy atom. The Hall–Kier alpha value is -3.49. The zero-order valence-electron chi connectivity index (χ0n) is 31.0. The minimum Gasteiger partial charge on any atom is -0.392 e. The van der Waals surface area contributed by atoms with E-state index in [-0.39, 0.29) is 30.6 Å². The molecule has 6 nitrogen and oxygen atoms in total. The van der Waals surface area contributed by atoms with Crippen LogP contribution < -0.4 is 5.32 Å². The van der Waals surface area contributed by atoms with E-state index in [1.807, 2.05) is 79.0 Å². The van der Waals surface area contributed by atoms with Gasteiger partial charge in [-0.05, 0) is 47.4 Å². The molecule has 5 rings (SSSR count). The average Bonchev–Trinajstić information content (AvgIpc) is 3.19. The molecule has 1 fully saturated rings. The molecule has 4 aromatic rings. The summed E-state index contributed by atoms with van der Waals surface area (Å²) < 4.78 is 13.7. The maximum Gasteiger partial charge on any atom is 0.224 e. The van der Waals surface area contributed by atoms with E-state index < -0.39 is 6.29 Å². The number of amides is 1. The number of carbonyl (C=O) groups is 1. The molecule has 0 aliphatic carbocycles. The number of pyridine rings is 1. The number of rotatable bonds is 22. The molecule has 0 radical (unpaired) electrons. The van der Waals surface area contributed by atoms with Gasteiger partial charge in [0.25, 0.3) is 0 Å². The van der Waals surface area contributed by atoms with Crippen molar-refractivity contribution in [2.24, 2.45) is 0 Å². The number of nitrogens with zero attached hydrogens (tertiary/aromatic N) is 1. The standard InChI is InChI=1S/C45H58N2O4S/c1-2-3-4-5-6-7-8-9-10-11-12-13-17-25-41(49)47-39-24-20-23-38(32-39)45-50-40(34-52-42-26-18-19-31-46-42)43(36-21-15-14-16-22-36)44(51-45)37-29-27-35(33-48)28-30-37/h14-16,18-24,26-32,40,43-45,48H,2-13,17,25,33-34H2,1H3,(H,47,49). The summed E-state index contributed by atoms with van der Waals surface area (Å²) in [6, 6.07) is 32.2. The van der Waals surface area contributed by atoms with Gasteiger partial charge in [0.2, 0.25) is 5.91 Å². The zero-order valence-corrected chi connectivity index (χ0v) is 31.8. The summed E-state index contributed by atoms with van der Waals surface area (Å²) in [6.45, 7) is 2.26. The van der Waals surface area contributed by atoms with Crippen LogP contribution in [0.25, 0.3) is 0 Å². The van der Waals surface area contributed by atoms with Crippen molar-refractivity contribution >= 4 is 23.4 Å². The van der Waals surface area contributed by atoms with Gasteiger partial charge in [-0.25, -0.2) is 4.98 Å². The van der Waals surface area contributed by atoms with Crippen LogP contribution in [-0.2, 0) is 20.9 Å². The van der Waals surface area contributed by atoms with Crippen LogP contribution in [0.2, 0.25) is 0 Å². The third-order valence-corrected chi connectivity index (χ3v) is 11.0. The molecule has 1 aliphatic heterocycles. The van der Waals surface area contributed by atoms with Crippen LogP contribution in [0.15, 0.2) is 108 Å². The second-order valence-electron chi connectivity index (χ2n) is 14.0. The van der Waals surface area contributed by atoms with E-state index >= 15 is 0 Å². The molecule has 0 spiro atoms. The average molecular weight is 723 g/mol. The second kappa shape index (κ2) is 22.5. The predicted octanol–water partition coefficient (Wildman–Crippen LogP) is 11.7. The van der Waals surface area contributed by atoms with Crippen molar-refractivity contribution in [2.75, 3.05) is 11.1 Å². The van der Waals surface area contributed by atoms with E-state index in [0.717, 1.165) is 45.8 Å². The predicted molar refractivity (Wildman–Crippen MR) is 213 cm³/mol. The number of anilines is 1. The van der Waals surface area contributed by atoms with Gasteiger partial charge >= 0.3 is 0 Å². The monoisotopic (exact) mass is 722 g/mol. The second-order valence-corrected chi connectivity index (χ2v) is 15.1. The molecule has 2 heterocycles. The van der Waals surface area contributed by atoms with E-state index in [1.165, 1.54) is 70.6 Å². The molecule has 1 amide bonds. The van der Waals surface area contributed by atoms with Crippen LogP contribution in [0.1, 0.15) is 137 Å². The lowest BCUT2D eigenvalue weighted by Crippen LogP contribution is -2.38. The third kappa shape index (κ3) is 12.9. The first kappa shape index (κ1) is 39.7. The Kier molecular flexibility index (Phi) is 17.2. The van der Waals surface area contributed by atoms with Crippen LogP contribution in [0.3, 0.4) is 0 Å². The summed E-state index contributed by atoms with van der Waals surface area (Å²) in [5.74, 6) is 0.634. The van der Waals surface area contributed by atoms with Gasteiger partial charge in [0.05, 0.1) is 23.8 Å². The number of aromatic nitrogens is 1. The van der Waals surface area contributed by atoms with Gasteiger partial charge in [-0.2, -0.15) is 0 Å². The van der Waals surface area contributed by atoms with Crippen LogP contribution in [0.4, 0.5) is 5.69 Å². The molecule has 52 heavy (non-hydrogen) atoms. The Balaban J connectivity index is 1.19. The highest BCUT2D eigenvalue weighted by Gasteiger charge is 2.42. The van der Waals surface area contributed by atoms with Gasteiger partial charge in [0.15, 0.2) is 6.29 Å². The fourth-order valence-corrected chi connectivity index (χ4v) is 7.97. The number of carbonyl (C=O) groups excluding carboxylic acids is 1. The highest BCUT2D eigenvalue weighted by Crippen LogP contribution is 2.48. The zero-order chi connectivity index (χ0) is 36.2. The molecule has 3 aromatic carbocycles. The van der Waals surface area contributed by atoms with Crippen LogP contribution in [-0.4, -0.2) is 27.9 Å². The molecule has 2 N–H and O–H groups in total. The van der Waals surface area contributed by atoms with E-state index in [4.69, 9.17) is 9.47 Å². The number of benzene rings is 3. The topological polar surface area (TPSA) is 80.7 Å². The Labute approximate surface area is 316 Å². The van der Waals surface area contributed by atoms with Crippen molar-refractivity contribution in [1.29, 1.82) is 0 Å². The van der Waals surface area contributed by atoms with Crippen LogP contribution in [0.5, 0.6) is 0 Å². The maximum atomic E-state index is 13.0. The molecular formula is C45H58N2O4S. The molecule has 7 heteroatoms. The fraction of sp³-hybridized carbons (Fsp3) is 0.467. The first-order valence-electron chi connectivity index (χ1n) is 19.6. The molecule has 1 saturated heterocycles. The smallest absolute Gasteiger partial charge is 0.224 e. The van der Waals surface area contributed by atoms with Gasteiger partial charge in [0, 0.05) is 35.5 Å². The number of hydrogen-bond donors (Lipinski definition) is 2. The number of thioether (sulfide) groups is 1. The number of ether oxygens (including phenoxy) is 2. The number of aliphatic hydroxyl groups is 1.